The maximum Gasteiger partial charge on any atom is 0.338 e. The Morgan fingerprint density at radius 3 is 2.28 bits per heavy atom. The fraction of sp³-hybridized carbons (Fsp3) is 0.391. The Bertz CT molecular complexity index is 1060. The Morgan fingerprint density at radius 2 is 1.66 bits per heavy atom. The fourth-order valence-electron chi connectivity index (χ4n) is 3.64. The molecule has 0 aliphatic heterocycles. The highest BCUT2D eigenvalue weighted by atomic mass is 32.2. The van der Waals surface area contributed by atoms with Gasteiger partial charge in [-0.15, -0.1) is 0 Å². The molecule has 0 aromatic heterocycles. The van der Waals surface area contributed by atoms with Crippen LogP contribution in [0, 0.1) is 0 Å². The summed E-state index contributed by atoms with van der Waals surface area (Å²) in [6.45, 7) is 2.00. The van der Waals surface area contributed by atoms with Gasteiger partial charge in [-0.05, 0) is 62.2 Å². The number of hydrogen-bond donors (Lipinski definition) is 2. The predicted octanol–water partition coefficient (Wildman–Crippen LogP) is 3.74. The Kier molecular flexibility index (Phi) is 7.87. The van der Waals surface area contributed by atoms with Crippen LogP contribution in [-0.4, -0.2) is 40.1 Å². The van der Waals surface area contributed by atoms with Gasteiger partial charge in [-0.2, -0.15) is 0 Å². The van der Waals surface area contributed by atoms with Crippen LogP contribution in [0.2, 0.25) is 0 Å². The number of hydrogen-bond acceptors (Lipinski definition) is 6. The molecule has 0 spiro atoms. The number of methoxy groups -OCH3 is 1. The zero-order valence-corrected chi connectivity index (χ0v) is 19.0. The van der Waals surface area contributed by atoms with Crippen LogP contribution in [0.25, 0.3) is 0 Å². The first-order valence-electron chi connectivity index (χ1n) is 10.6. The Hall–Kier alpha value is -2.91. The zero-order chi connectivity index (χ0) is 23.1. The number of ether oxygens (including phenoxy) is 2. The number of esters is 1. The van der Waals surface area contributed by atoms with Crippen molar-refractivity contribution in [3.8, 4) is 5.75 Å². The normalized spacial score (nSPS) is 14.6. The molecular weight excluding hydrogens is 432 g/mol. The minimum atomic E-state index is -3.86. The molecule has 0 radical (unpaired) electrons. The summed E-state index contributed by atoms with van der Waals surface area (Å²) >= 11 is 0. The van der Waals surface area contributed by atoms with E-state index in [0.29, 0.717) is 11.3 Å². The highest BCUT2D eigenvalue weighted by molar-refractivity contribution is 7.89. The molecule has 0 heterocycles. The predicted molar refractivity (Wildman–Crippen MR) is 121 cm³/mol. The average molecular weight is 461 g/mol. The lowest BCUT2D eigenvalue weighted by Crippen LogP contribution is -2.36. The number of benzene rings is 2. The Labute approximate surface area is 188 Å². The second-order valence-electron chi connectivity index (χ2n) is 7.57. The van der Waals surface area contributed by atoms with Crippen LogP contribution >= 0.6 is 0 Å². The van der Waals surface area contributed by atoms with Crippen molar-refractivity contribution in [1.82, 2.24) is 4.72 Å². The standard InChI is InChI=1S/C23H28N2O6S/c1-3-31-23(27)16-9-12-18(13-10-16)24-22(26)17-11-14-20(30-2)21(15-17)32(28,29)25-19-7-5-4-6-8-19/h9-15,19,25H,3-8H2,1-2H3,(H,24,26). The third-order valence-corrected chi connectivity index (χ3v) is 6.84. The summed E-state index contributed by atoms with van der Waals surface area (Å²) in [4.78, 5) is 24.4. The minimum absolute atomic E-state index is 0.0733. The summed E-state index contributed by atoms with van der Waals surface area (Å²) in [7, 11) is -2.47. The molecule has 2 aromatic carbocycles. The van der Waals surface area contributed by atoms with E-state index in [1.54, 1.807) is 31.2 Å². The summed E-state index contributed by atoms with van der Waals surface area (Å²) in [5.41, 5.74) is 1.00. The Morgan fingerprint density at radius 1 is 1.00 bits per heavy atom. The van der Waals surface area contributed by atoms with E-state index in [1.807, 2.05) is 0 Å². The number of carbonyl (C=O) groups excluding carboxylic acids is 2. The van der Waals surface area contributed by atoms with Gasteiger partial charge in [0.2, 0.25) is 10.0 Å². The molecular formula is C23H28N2O6S. The average Bonchev–Trinajstić information content (AvgIpc) is 2.79. The van der Waals surface area contributed by atoms with Crippen molar-refractivity contribution in [3.05, 3.63) is 53.6 Å². The third-order valence-electron chi connectivity index (χ3n) is 5.30. The van der Waals surface area contributed by atoms with E-state index in [4.69, 9.17) is 9.47 Å². The molecule has 1 aliphatic carbocycles. The number of carbonyl (C=O) groups is 2. The van der Waals surface area contributed by atoms with Crippen LogP contribution in [-0.2, 0) is 14.8 Å². The summed E-state index contributed by atoms with van der Waals surface area (Å²) in [6.07, 6.45) is 4.68. The van der Waals surface area contributed by atoms with E-state index in [2.05, 4.69) is 10.0 Å². The monoisotopic (exact) mass is 460 g/mol. The number of sulfonamides is 1. The molecule has 3 rings (SSSR count). The SMILES string of the molecule is CCOC(=O)c1ccc(NC(=O)c2ccc(OC)c(S(=O)(=O)NC3CCCCC3)c2)cc1. The maximum atomic E-state index is 13.0. The summed E-state index contributed by atoms with van der Waals surface area (Å²) in [6, 6.07) is 10.4. The van der Waals surface area contributed by atoms with Crippen molar-refractivity contribution in [2.75, 3.05) is 19.0 Å². The van der Waals surface area contributed by atoms with E-state index >= 15 is 0 Å². The first kappa shape index (κ1) is 23.7. The van der Waals surface area contributed by atoms with Crippen LogP contribution in [0.5, 0.6) is 5.75 Å². The maximum absolute atomic E-state index is 13.0. The first-order chi connectivity index (χ1) is 15.3. The van der Waals surface area contributed by atoms with E-state index in [0.717, 1.165) is 32.1 Å². The van der Waals surface area contributed by atoms with Gasteiger partial charge in [0, 0.05) is 17.3 Å². The zero-order valence-electron chi connectivity index (χ0n) is 18.2. The molecule has 8 nitrogen and oxygen atoms in total. The lowest BCUT2D eigenvalue weighted by Gasteiger charge is -2.23. The van der Waals surface area contributed by atoms with Gasteiger partial charge in [-0.3, -0.25) is 4.79 Å². The first-order valence-corrected chi connectivity index (χ1v) is 12.1. The van der Waals surface area contributed by atoms with Crippen LogP contribution in [0.15, 0.2) is 47.4 Å². The van der Waals surface area contributed by atoms with Gasteiger partial charge in [0.1, 0.15) is 10.6 Å². The Balaban J connectivity index is 1.78. The quantitative estimate of drug-likeness (QED) is 0.581. The number of amides is 1. The molecule has 0 atom stereocenters. The lowest BCUT2D eigenvalue weighted by molar-refractivity contribution is 0.0526. The van der Waals surface area contributed by atoms with Crippen LogP contribution in [0.1, 0.15) is 59.7 Å². The molecule has 2 aromatic rings. The third kappa shape index (κ3) is 5.86. The van der Waals surface area contributed by atoms with Gasteiger partial charge in [-0.25, -0.2) is 17.9 Å². The summed E-state index contributed by atoms with van der Waals surface area (Å²) in [5.74, 6) is -0.754. The fourth-order valence-corrected chi connectivity index (χ4v) is 5.14. The highest BCUT2D eigenvalue weighted by Crippen LogP contribution is 2.27. The molecule has 1 amide bonds. The molecule has 32 heavy (non-hydrogen) atoms. The van der Waals surface area contributed by atoms with Crippen LogP contribution < -0.4 is 14.8 Å². The van der Waals surface area contributed by atoms with E-state index in [9.17, 15) is 18.0 Å². The van der Waals surface area contributed by atoms with Crippen molar-refractivity contribution in [1.29, 1.82) is 0 Å². The molecule has 1 aliphatic rings. The number of nitrogens with one attached hydrogen (secondary N) is 2. The lowest BCUT2D eigenvalue weighted by atomic mass is 9.96. The number of anilines is 1. The molecule has 172 valence electrons. The molecule has 2 N–H and O–H groups in total. The van der Waals surface area contributed by atoms with Crippen LogP contribution in [0.4, 0.5) is 5.69 Å². The smallest absolute Gasteiger partial charge is 0.338 e. The largest absolute Gasteiger partial charge is 0.495 e. The van der Waals surface area contributed by atoms with Crippen molar-refractivity contribution >= 4 is 27.6 Å². The van der Waals surface area contributed by atoms with Gasteiger partial charge in [-0.1, -0.05) is 19.3 Å². The van der Waals surface area contributed by atoms with Gasteiger partial charge < -0.3 is 14.8 Å². The van der Waals surface area contributed by atoms with Crippen molar-refractivity contribution in [2.24, 2.45) is 0 Å². The highest BCUT2D eigenvalue weighted by Gasteiger charge is 2.26. The molecule has 0 unspecified atom stereocenters. The van der Waals surface area contributed by atoms with Gasteiger partial charge >= 0.3 is 5.97 Å². The van der Waals surface area contributed by atoms with Crippen molar-refractivity contribution in [3.63, 3.8) is 0 Å². The van der Waals surface area contributed by atoms with Gasteiger partial charge in [0.15, 0.2) is 0 Å². The van der Waals surface area contributed by atoms with Gasteiger partial charge in [0.05, 0.1) is 19.3 Å². The summed E-state index contributed by atoms with van der Waals surface area (Å²) in [5, 5.41) is 2.71. The molecule has 9 heteroatoms. The molecule has 0 bridgehead atoms. The number of rotatable bonds is 8. The topological polar surface area (TPSA) is 111 Å². The second kappa shape index (κ2) is 10.6. The molecule has 1 saturated carbocycles. The minimum Gasteiger partial charge on any atom is -0.495 e. The summed E-state index contributed by atoms with van der Waals surface area (Å²) < 4.78 is 38.9. The molecule has 0 saturated heterocycles. The van der Waals surface area contributed by atoms with E-state index in [1.165, 1.54) is 25.3 Å². The van der Waals surface area contributed by atoms with E-state index < -0.39 is 21.9 Å². The van der Waals surface area contributed by atoms with Crippen molar-refractivity contribution < 1.29 is 27.5 Å². The van der Waals surface area contributed by atoms with Crippen LogP contribution in [0.3, 0.4) is 0 Å². The van der Waals surface area contributed by atoms with Gasteiger partial charge in [0.25, 0.3) is 5.91 Å². The second-order valence-corrected chi connectivity index (χ2v) is 9.26. The van der Waals surface area contributed by atoms with Crippen molar-refractivity contribution in [2.45, 2.75) is 50.0 Å². The van der Waals surface area contributed by atoms with E-state index in [-0.39, 0.29) is 28.9 Å². The molecule has 1 fully saturated rings.